The maximum atomic E-state index is 3.31. The summed E-state index contributed by atoms with van der Waals surface area (Å²) in [6.45, 7) is 12.3. The van der Waals surface area contributed by atoms with E-state index >= 15 is 0 Å². The molecule has 0 aliphatic rings. The Balaban J connectivity index is 0. The number of rotatable bonds is 6. The van der Waals surface area contributed by atoms with Crippen molar-refractivity contribution in [3.8, 4) is 0 Å². The molecule has 0 aromatic heterocycles. The van der Waals surface area contributed by atoms with Gasteiger partial charge in [0.25, 0.3) is 0 Å². The Morgan fingerprint density at radius 1 is 1.09 bits per heavy atom. The second kappa shape index (κ2) is 10.4. The fraction of sp³-hybridized carbons (Fsp3) is 1.00. The van der Waals surface area contributed by atoms with Crippen molar-refractivity contribution in [2.24, 2.45) is 0 Å². The molecule has 1 N–H and O–H groups in total. The van der Waals surface area contributed by atoms with Crippen LogP contribution < -0.4 is 5.32 Å². The topological polar surface area (TPSA) is 15.3 Å². The van der Waals surface area contributed by atoms with Crippen molar-refractivity contribution >= 4 is 0 Å². The summed E-state index contributed by atoms with van der Waals surface area (Å²) >= 11 is 0. The van der Waals surface area contributed by atoms with Crippen LogP contribution in [0.25, 0.3) is 0 Å². The second-order valence-electron chi connectivity index (χ2n) is 2.38. The first-order valence-electron chi connectivity index (χ1n) is 4.28. The molecule has 0 bridgehead atoms. The molecule has 0 aliphatic heterocycles. The van der Waals surface area contributed by atoms with E-state index in [1.807, 2.05) is 0 Å². The third-order valence-electron chi connectivity index (χ3n) is 1.75. The third-order valence-corrected chi connectivity index (χ3v) is 1.75. The quantitative estimate of drug-likeness (QED) is 0.515. The zero-order valence-electron chi connectivity index (χ0n) is 7.78. The van der Waals surface area contributed by atoms with Crippen molar-refractivity contribution in [2.75, 3.05) is 32.7 Å². The normalized spacial score (nSPS) is 9.82. The van der Waals surface area contributed by atoms with Gasteiger partial charge in [0.05, 0.1) is 0 Å². The van der Waals surface area contributed by atoms with Gasteiger partial charge in [0.15, 0.2) is 0 Å². The van der Waals surface area contributed by atoms with E-state index in [1.54, 1.807) is 0 Å². The number of hydrogen-bond acceptors (Lipinski definition) is 2. The molecule has 0 spiro atoms. The summed E-state index contributed by atoms with van der Waals surface area (Å²) < 4.78 is 0. The van der Waals surface area contributed by atoms with E-state index in [0.717, 1.165) is 13.1 Å². The maximum absolute atomic E-state index is 3.31. The van der Waals surface area contributed by atoms with Crippen LogP contribution in [0.15, 0.2) is 0 Å². The zero-order valence-corrected chi connectivity index (χ0v) is 8.73. The number of nitrogens with one attached hydrogen (secondary N) is 1. The van der Waals surface area contributed by atoms with Gasteiger partial charge in [-0.05, 0) is 19.6 Å². The molecule has 0 amide bonds. The van der Waals surface area contributed by atoms with E-state index in [2.05, 4.69) is 31.0 Å². The third kappa shape index (κ3) is 8.34. The Bertz CT molecular complexity index is 65.1. The van der Waals surface area contributed by atoms with Crippen molar-refractivity contribution in [2.45, 2.75) is 20.8 Å². The summed E-state index contributed by atoms with van der Waals surface area (Å²) in [5.74, 6) is 0. The Labute approximate surface area is 81.2 Å². The van der Waals surface area contributed by atoms with Crippen LogP contribution in [-0.2, 0) is 17.1 Å². The molecular formula is C8H20CuN2. The minimum absolute atomic E-state index is 0. The molecule has 0 atom stereocenters. The fourth-order valence-electron chi connectivity index (χ4n) is 0.954. The van der Waals surface area contributed by atoms with Crippen LogP contribution in [-0.4, -0.2) is 37.6 Å². The maximum Gasteiger partial charge on any atom is 0.0107 e. The van der Waals surface area contributed by atoms with Crippen LogP contribution >= 0.6 is 0 Å². The number of nitrogens with zero attached hydrogens (tertiary/aromatic N) is 1. The van der Waals surface area contributed by atoms with Crippen molar-refractivity contribution < 1.29 is 17.1 Å². The molecule has 0 aliphatic carbocycles. The summed E-state index contributed by atoms with van der Waals surface area (Å²) in [7, 11) is 0. The molecular weight excluding hydrogens is 188 g/mol. The molecule has 2 nitrogen and oxygen atoms in total. The Morgan fingerprint density at radius 2 is 1.64 bits per heavy atom. The van der Waals surface area contributed by atoms with Gasteiger partial charge >= 0.3 is 0 Å². The molecule has 0 aromatic carbocycles. The van der Waals surface area contributed by atoms with E-state index in [4.69, 9.17) is 0 Å². The van der Waals surface area contributed by atoms with Gasteiger partial charge in [-0.1, -0.05) is 20.8 Å². The SMILES string of the molecule is CCNCCN(CC)CC.[Cu]. The van der Waals surface area contributed by atoms with Crippen LogP contribution in [0.4, 0.5) is 0 Å². The average Bonchev–Trinajstić information content (AvgIpc) is 1.99. The largest absolute Gasteiger partial charge is 0.316 e. The molecule has 0 saturated heterocycles. The number of hydrogen-bond donors (Lipinski definition) is 1. The van der Waals surface area contributed by atoms with Gasteiger partial charge in [-0.15, -0.1) is 0 Å². The molecule has 0 fully saturated rings. The van der Waals surface area contributed by atoms with Gasteiger partial charge in [0.1, 0.15) is 0 Å². The first-order valence-corrected chi connectivity index (χ1v) is 4.28. The van der Waals surface area contributed by atoms with Crippen LogP contribution in [0.3, 0.4) is 0 Å². The standard InChI is InChI=1S/C8H20N2.Cu/c1-4-9-7-8-10(5-2)6-3;/h9H,4-8H2,1-3H3;. The molecule has 0 rings (SSSR count). The Hall–Kier alpha value is 0.439. The van der Waals surface area contributed by atoms with Gasteiger partial charge in [0, 0.05) is 30.2 Å². The van der Waals surface area contributed by atoms with E-state index in [9.17, 15) is 0 Å². The van der Waals surface area contributed by atoms with Crippen LogP contribution in [0.1, 0.15) is 20.8 Å². The van der Waals surface area contributed by atoms with Gasteiger partial charge in [0.2, 0.25) is 0 Å². The van der Waals surface area contributed by atoms with Crippen molar-refractivity contribution in [3.05, 3.63) is 0 Å². The first kappa shape index (κ1) is 14.0. The fourth-order valence-corrected chi connectivity index (χ4v) is 0.954. The average molecular weight is 208 g/mol. The van der Waals surface area contributed by atoms with Crippen LogP contribution in [0.5, 0.6) is 0 Å². The van der Waals surface area contributed by atoms with Gasteiger partial charge in [-0.25, -0.2) is 0 Å². The monoisotopic (exact) mass is 207 g/mol. The molecule has 0 unspecified atom stereocenters. The molecule has 1 radical (unpaired) electrons. The van der Waals surface area contributed by atoms with Crippen molar-refractivity contribution in [1.82, 2.24) is 10.2 Å². The van der Waals surface area contributed by atoms with E-state index in [1.165, 1.54) is 19.6 Å². The summed E-state index contributed by atoms with van der Waals surface area (Å²) in [5.41, 5.74) is 0. The van der Waals surface area contributed by atoms with E-state index in [0.29, 0.717) is 0 Å². The first-order chi connectivity index (χ1) is 4.85. The van der Waals surface area contributed by atoms with E-state index < -0.39 is 0 Å². The van der Waals surface area contributed by atoms with Gasteiger partial charge in [-0.3, -0.25) is 0 Å². The van der Waals surface area contributed by atoms with Crippen molar-refractivity contribution in [1.29, 1.82) is 0 Å². The molecule has 0 saturated carbocycles. The van der Waals surface area contributed by atoms with Gasteiger partial charge < -0.3 is 10.2 Å². The summed E-state index contributed by atoms with van der Waals surface area (Å²) in [5, 5.41) is 3.31. The molecule has 0 heterocycles. The zero-order chi connectivity index (χ0) is 7.82. The Kier molecular flexibility index (Phi) is 13.3. The second-order valence-corrected chi connectivity index (χ2v) is 2.38. The predicted octanol–water partition coefficient (Wildman–Crippen LogP) is 0.935. The smallest absolute Gasteiger partial charge is 0.0107 e. The molecule has 11 heavy (non-hydrogen) atoms. The molecule has 0 aromatic rings. The molecule has 3 heteroatoms. The summed E-state index contributed by atoms with van der Waals surface area (Å²) in [6.07, 6.45) is 0. The minimum Gasteiger partial charge on any atom is -0.316 e. The number of likely N-dealkylation sites (N-methyl/N-ethyl adjacent to an activating group) is 2. The van der Waals surface area contributed by atoms with Crippen molar-refractivity contribution in [3.63, 3.8) is 0 Å². The van der Waals surface area contributed by atoms with Crippen LogP contribution in [0.2, 0.25) is 0 Å². The summed E-state index contributed by atoms with van der Waals surface area (Å²) in [6, 6.07) is 0. The Morgan fingerprint density at radius 3 is 2.00 bits per heavy atom. The van der Waals surface area contributed by atoms with Gasteiger partial charge in [-0.2, -0.15) is 0 Å². The van der Waals surface area contributed by atoms with Crippen LogP contribution in [0, 0.1) is 0 Å². The van der Waals surface area contributed by atoms with E-state index in [-0.39, 0.29) is 17.1 Å². The predicted molar refractivity (Wildman–Crippen MR) is 46.3 cm³/mol. The molecule has 73 valence electrons. The summed E-state index contributed by atoms with van der Waals surface area (Å²) in [4.78, 5) is 2.42. The minimum atomic E-state index is 0.